The zero-order chi connectivity index (χ0) is 23.0. The van der Waals surface area contributed by atoms with Gasteiger partial charge in [-0.3, -0.25) is 25.2 Å². The molecule has 2 rings (SSSR count). The summed E-state index contributed by atoms with van der Waals surface area (Å²) in [4.78, 5) is 37.1. The predicted molar refractivity (Wildman–Crippen MR) is 113 cm³/mol. The summed E-state index contributed by atoms with van der Waals surface area (Å²) < 4.78 is 38.0. The molecule has 0 aliphatic carbocycles. The first-order valence-corrected chi connectivity index (χ1v) is 10.7. The van der Waals surface area contributed by atoms with Crippen molar-refractivity contribution < 1.29 is 27.6 Å². The van der Waals surface area contributed by atoms with Crippen LogP contribution in [-0.4, -0.2) is 35.8 Å². The Labute approximate surface area is 185 Å². The minimum Gasteiger partial charge on any atom is -0.340 e. The van der Waals surface area contributed by atoms with Crippen molar-refractivity contribution in [3.05, 3.63) is 70.2 Å². The second-order valence-electron chi connectivity index (χ2n) is 6.31. The lowest BCUT2D eigenvalue weighted by molar-refractivity contribution is -0.137. The number of hydrogen-bond acceptors (Lipinski definition) is 4. The maximum absolute atomic E-state index is 12.7. The Morgan fingerprint density at radius 1 is 1.00 bits per heavy atom. The van der Waals surface area contributed by atoms with Crippen molar-refractivity contribution in [1.29, 1.82) is 0 Å². The minimum atomic E-state index is -4.52. The number of hydrazine groups is 1. The van der Waals surface area contributed by atoms with Crippen LogP contribution in [0.4, 0.5) is 13.2 Å². The molecule has 0 heterocycles. The van der Waals surface area contributed by atoms with Crippen LogP contribution in [0.15, 0.2) is 48.5 Å². The van der Waals surface area contributed by atoms with Crippen molar-refractivity contribution in [1.82, 2.24) is 16.2 Å². The lowest BCUT2D eigenvalue weighted by Gasteiger charge is -2.19. The summed E-state index contributed by atoms with van der Waals surface area (Å²) in [5.41, 5.74) is 3.69. The van der Waals surface area contributed by atoms with E-state index < -0.39 is 35.5 Å². The normalized spacial score (nSPS) is 12.0. The van der Waals surface area contributed by atoms with Crippen molar-refractivity contribution in [3.8, 4) is 0 Å². The smallest absolute Gasteiger partial charge is 0.340 e. The Kier molecular flexibility index (Phi) is 8.76. The highest BCUT2D eigenvalue weighted by Crippen LogP contribution is 2.29. The molecule has 0 aliphatic heterocycles. The monoisotopic (exact) mass is 473 g/mol. The molecule has 3 N–H and O–H groups in total. The van der Waals surface area contributed by atoms with E-state index in [0.29, 0.717) is 5.75 Å². The van der Waals surface area contributed by atoms with Gasteiger partial charge in [-0.1, -0.05) is 23.7 Å². The van der Waals surface area contributed by atoms with Crippen molar-refractivity contribution in [2.45, 2.75) is 18.6 Å². The average Bonchev–Trinajstić information content (AvgIpc) is 2.74. The first-order valence-electron chi connectivity index (χ1n) is 8.95. The third-order valence-corrected chi connectivity index (χ3v) is 5.10. The van der Waals surface area contributed by atoms with Crippen LogP contribution >= 0.6 is 23.4 Å². The largest absolute Gasteiger partial charge is 0.416 e. The van der Waals surface area contributed by atoms with Gasteiger partial charge in [0, 0.05) is 5.56 Å². The van der Waals surface area contributed by atoms with Gasteiger partial charge in [0.25, 0.3) is 17.7 Å². The summed E-state index contributed by atoms with van der Waals surface area (Å²) >= 11 is 7.37. The van der Waals surface area contributed by atoms with E-state index in [1.807, 2.05) is 6.26 Å². The van der Waals surface area contributed by atoms with Gasteiger partial charge < -0.3 is 5.32 Å². The average molecular weight is 474 g/mol. The number of alkyl halides is 3. The molecular weight excluding hydrogens is 455 g/mol. The van der Waals surface area contributed by atoms with Gasteiger partial charge in [-0.2, -0.15) is 24.9 Å². The quantitative estimate of drug-likeness (QED) is 0.535. The summed E-state index contributed by atoms with van der Waals surface area (Å²) in [6.07, 6.45) is -2.47. The van der Waals surface area contributed by atoms with Crippen LogP contribution in [0.1, 0.15) is 32.7 Å². The number of hydrogen-bond donors (Lipinski definition) is 3. The molecule has 2 aromatic carbocycles. The van der Waals surface area contributed by atoms with Gasteiger partial charge in [-0.05, 0) is 54.8 Å². The van der Waals surface area contributed by atoms with Gasteiger partial charge in [0.2, 0.25) is 0 Å². The highest BCUT2D eigenvalue weighted by atomic mass is 35.5. The summed E-state index contributed by atoms with van der Waals surface area (Å²) in [6.45, 7) is 0. The van der Waals surface area contributed by atoms with E-state index in [0.717, 1.165) is 24.3 Å². The Balaban J connectivity index is 2.03. The van der Waals surface area contributed by atoms with Gasteiger partial charge in [0.05, 0.1) is 16.1 Å². The van der Waals surface area contributed by atoms with E-state index >= 15 is 0 Å². The van der Waals surface area contributed by atoms with E-state index in [4.69, 9.17) is 11.6 Å². The van der Waals surface area contributed by atoms with E-state index in [1.54, 1.807) is 12.1 Å². The predicted octanol–water partition coefficient (Wildman–Crippen LogP) is 3.67. The summed E-state index contributed by atoms with van der Waals surface area (Å²) in [5, 5.41) is 2.68. The van der Waals surface area contributed by atoms with Crippen LogP contribution in [-0.2, 0) is 11.0 Å². The molecule has 0 bridgehead atoms. The van der Waals surface area contributed by atoms with E-state index in [9.17, 15) is 27.6 Å². The highest BCUT2D eigenvalue weighted by molar-refractivity contribution is 7.98. The number of thioether (sulfide) groups is 1. The molecule has 0 radical (unpaired) electrons. The van der Waals surface area contributed by atoms with Gasteiger partial charge in [-0.25, -0.2) is 0 Å². The van der Waals surface area contributed by atoms with Gasteiger partial charge in [-0.15, -0.1) is 0 Å². The standard InChI is InChI=1S/C20H19ClF3N3O3S/c1-31-11-10-16(19(30)27-26-18(29)14-4-2-3-5-15(14)21)25-17(28)12-6-8-13(9-7-12)20(22,23)24/h2-9,16H,10-11H2,1H3,(H,25,28)(H,26,29)(H,27,30)/t16-/m1/s1. The number of benzene rings is 2. The molecule has 1 atom stereocenters. The van der Waals surface area contributed by atoms with Crippen LogP contribution in [0.3, 0.4) is 0 Å². The van der Waals surface area contributed by atoms with Crippen molar-refractivity contribution >= 4 is 41.1 Å². The molecule has 0 saturated heterocycles. The van der Waals surface area contributed by atoms with E-state index in [-0.39, 0.29) is 22.6 Å². The molecule has 0 unspecified atom stereocenters. The zero-order valence-electron chi connectivity index (χ0n) is 16.3. The molecule has 0 fully saturated rings. The van der Waals surface area contributed by atoms with Crippen LogP contribution < -0.4 is 16.2 Å². The lowest BCUT2D eigenvalue weighted by Crippen LogP contribution is -2.52. The molecular formula is C20H19ClF3N3O3S. The molecule has 2 aromatic rings. The fourth-order valence-electron chi connectivity index (χ4n) is 2.47. The summed E-state index contributed by atoms with van der Waals surface area (Å²) in [7, 11) is 0. The van der Waals surface area contributed by atoms with Crippen molar-refractivity contribution in [2.24, 2.45) is 0 Å². The van der Waals surface area contributed by atoms with Gasteiger partial charge in [0.15, 0.2) is 0 Å². The maximum Gasteiger partial charge on any atom is 0.416 e. The Morgan fingerprint density at radius 3 is 2.23 bits per heavy atom. The zero-order valence-corrected chi connectivity index (χ0v) is 17.8. The minimum absolute atomic E-state index is 0.0324. The van der Waals surface area contributed by atoms with Gasteiger partial charge >= 0.3 is 6.18 Å². The number of halogens is 4. The molecule has 0 spiro atoms. The summed E-state index contributed by atoms with van der Waals surface area (Å²) in [6, 6.07) is 8.85. The fraction of sp³-hybridized carbons (Fsp3) is 0.250. The first-order chi connectivity index (χ1) is 14.6. The first kappa shape index (κ1) is 24.5. The Hall–Kier alpha value is -2.72. The third kappa shape index (κ3) is 7.18. The number of carbonyl (C=O) groups excluding carboxylic acids is 3. The molecule has 11 heteroatoms. The van der Waals surface area contributed by atoms with E-state index in [1.165, 1.54) is 23.9 Å². The van der Waals surface area contributed by atoms with E-state index in [2.05, 4.69) is 16.2 Å². The SMILES string of the molecule is CSCC[C@@H](NC(=O)c1ccc(C(F)(F)F)cc1)C(=O)NNC(=O)c1ccccc1Cl. The topological polar surface area (TPSA) is 87.3 Å². The molecule has 31 heavy (non-hydrogen) atoms. The fourth-order valence-corrected chi connectivity index (χ4v) is 3.17. The van der Waals surface area contributed by atoms with Crippen molar-refractivity contribution in [2.75, 3.05) is 12.0 Å². The Morgan fingerprint density at radius 2 is 1.65 bits per heavy atom. The summed E-state index contributed by atoms with van der Waals surface area (Å²) in [5.74, 6) is -1.53. The maximum atomic E-state index is 12.7. The molecule has 3 amide bonds. The molecule has 0 saturated carbocycles. The van der Waals surface area contributed by atoms with Crippen LogP contribution in [0.25, 0.3) is 0 Å². The Bertz CT molecular complexity index is 939. The van der Waals surface area contributed by atoms with Crippen LogP contribution in [0, 0.1) is 0 Å². The molecule has 166 valence electrons. The second kappa shape index (κ2) is 11.1. The lowest BCUT2D eigenvalue weighted by atomic mass is 10.1. The highest BCUT2D eigenvalue weighted by Gasteiger charge is 2.30. The van der Waals surface area contributed by atoms with Gasteiger partial charge in [0.1, 0.15) is 6.04 Å². The number of nitrogens with one attached hydrogen (secondary N) is 3. The number of amides is 3. The number of carbonyl (C=O) groups is 3. The van der Waals surface area contributed by atoms with Crippen molar-refractivity contribution in [3.63, 3.8) is 0 Å². The molecule has 0 aliphatic rings. The molecule has 6 nitrogen and oxygen atoms in total. The van der Waals surface area contributed by atoms with Crippen LogP contribution in [0.5, 0.6) is 0 Å². The number of rotatable bonds is 7. The molecule has 0 aromatic heterocycles. The second-order valence-corrected chi connectivity index (χ2v) is 7.70. The van der Waals surface area contributed by atoms with Crippen LogP contribution in [0.2, 0.25) is 5.02 Å². The third-order valence-electron chi connectivity index (χ3n) is 4.12.